The first-order valence-electron chi connectivity index (χ1n) is 6.43. The Balaban J connectivity index is 2.25. The van der Waals surface area contributed by atoms with E-state index in [4.69, 9.17) is 14.2 Å². The number of para-hydroxylation sites is 1. The number of ether oxygens (including phenoxy) is 3. The van der Waals surface area contributed by atoms with Crippen molar-refractivity contribution in [2.45, 2.75) is 12.5 Å². The molecule has 0 bridgehead atoms. The Hall–Kier alpha value is -2.34. The third-order valence-electron chi connectivity index (χ3n) is 3.10. The minimum absolute atomic E-state index is 0.322. The predicted octanol–water partition coefficient (Wildman–Crippen LogP) is 1.78. The molecule has 1 aromatic carbocycles. The van der Waals surface area contributed by atoms with Gasteiger partial charge in [0.15, 0.2) is 11.5 Å². The fourth-order valence-electron chi connectivity index (χ4n) is 2.08. The number of aliphatic hydroxyl groups excluding tert-OH is 1. The highest BCUT2D eigenvalue weighted by Crippen LogP contribution is 2.35. The van der Waals surface area contributed by atoms with Crippen LogP contribution in [0.4, 0.5) is 0 Å². The number of aliphatic hydroxyl groups is 1. The molecule has 2 aromatic rings. The summed E-state index contributed by atoms with van der Waals surface area (Å²) in [6.45, 7) is 0. The lowest BCUT2D eigenvalue weighted by Crippen LogP contribution is -2.07. The molecule has 0 aliphatic rings. The van der Waals surface area contributed by atoms with Gasteiger partial charge in [0.25, 0.3) is 0 Å². The summed E-state index contributed by atoms with van der Waals surface area (Å²) in [6, 6.07) is 7.07. The van der Waals surface area contributed by atoms with Crippen LogP contribution in [0.3, 0.4) is 0 Å². The molecule has 1 N–H and O–H groups in total. The van der Waals surface area contributed by atoms with E-state index in [0.29, 0.717) is 35.1 Å². The molecule has 0 aliphatic carbocycles. The van der Waals surface area contributed by atoms with Crippen molar-refractivity contribution < 1.29 is 19.3 Å². The van der Waals surface area contributed by atoms with Gasteiger partial charge in [-0.25, -0.2) is 9.97 Å². The van der Waals surface area contributed by atoms with Crippen LogP contribution in [0.15, 0.2) is 30.6 Å². The molecule has 0 aliphatic heterocycles. The normalized spacial score (nSPS) is 11.8. The Morgan fingerprint density at radius 3 is 2.57 bits per heavy atom. The van der Waals surface area contributed by atoms with Gasteiger partial charge in [-0.1, -0.05) is 12.1 Å². The van der Waals surface area contributed by atoms with Crippen molar-refractivity contribution >= 4 is 0 Å². The first-order chi connectivity index (χ1) is 10.2. The summed E-state index contributed by atoms with van der Waals surface area (Å²) in [7, 11) is 4.64. The Kier molecular flexibility index (Phi) is 4.94. The topological polar surface area (TPSA) is 73.7 Å². The largest absolute Gasteiger partial charge is 0.493 e. The third-order valence-corrected chi connectivity index (χ3v) is 3.10. The Labute approximate surface area is 123 Å². The highest BCUT2D eigenvalue weighted by atomic mass is 16.5. The maximum absolute atomic E-state index is 10.4. The zero-order valence-electron chi connectivity index (χ0n) is 12.2. The van der Waals surface area contributed by atoms with Gasteiger partial charge >= 0.3 is 0 Å². The van der Waals surface area contributed by atoms with E-state index in [9.17, 15) is 5.11 Å². The second kappa shape index (κ2) is 6.90. The average Bonchev–Trinajstić information content (AvgIpc) is 2.53. The summed E-state index contributed by atoms with van der Waals surface area (Å²) in [4.78, 5) is 8.07. The van der Waals surface area contributed by atoms with Crippen LogP contribution in [0.5, 0.6) is 17.4 Å². The van der Waals surface area contributed by atoms with Crippen molar-refractivity contribution in [3.63, 3.8) is 0 Å². The molecular formula is C15H18N2O4. The van der Waals surface area contributed by atoms with E-state index < -0.39 is 6.10 Å². The van der Waals surface area contributed by atoms with E-state index in [1.54, 1.807) is 38.5 Å². The Morgan fingerprint density at radius 2 is 1.90 bits per heavy atom. The summed E-state index contributed by atoms with van der Waals surface area (Å²) in [5.41, 5.74) is 1.33. The molecule has 1 heterocycles. The lowest BCUT2D eigenvalue weighted by molar-refractivity contribution is 0.171. The van der Waals surface area contributed by atoms with Gasteiger partial charge in [-0.2, -0.15) is 0 Å². The van der Waals surface area contributed by atoms with E-state index in [2.05, 4.69) is 9.97 Å². The van der Waals surface area contributed by atoms with Crippen LogP contribution in [0.1, 0.15) is 17.4 Å². The highest BCUT2D eigenvalue weighted by Gasteiger charge is 2.18. The van der Waals surface area contributed by atoms with Gasteiger partial charge in [0.2, 0.25) is 5.88 Å². The smallest absolute Gasteiger partial charge is 0.216 e. The molecule has 1 unspecified atom stereocenters. The molecule has 0 radical (unpaired) electrons. The third kappa shape index (κ3) is 3.41. The Morgan fingerprint density at radius 1 is 1.10 bits per heavy atom. The van der Waals surface area contributed by atoms with Crippen molar-refractivity contribution in [1.82, 2.24) is 9.97 Å². The summed E-state index contributed by atoms with van der Waals surface area (Å²) < 4.78 is 15.6. The molecule has 6 heteroatoms. The van der Waals surface area contributed by atoms with Gasteiger partial charge in [-0.3, -0.25) is 0 Å². The van der Waals surface area contributed by atoms with Crippen LogP contribution < -0.4 is 14.2 Å². The molecule has 0 amide bonds. The first-order valence-corrected chi connectivity index (χ1v) is 6.43. The van der Waals surface area contributed by atoms with Crippen LogP contribution in [0.2, 0.25) is 0 Å². The minimum Gasteiger partial charge on any atom is -0.493 e. The van der Waals surface area contributed by atoms with Gasteiger partial charge in [0, 0.05) is 18.1 Å². The number of hydrogen-bond acceptors (Lipinski definition) is 6. The number of nitrogens with zero attached hydrogens (tertiary/aromatic N) is 2. The van der Waals surface area contributed by atoms with E-state index >= 15 is 0 Å². The lowest BCUT2D eigenvalue weighted by Gasteiger charge is -2.16. The number of benzene rings is 1. The predicted molar refractivity (Wildman–Crippen MR) is 76.8 cm³/mol. The molecule has 0 saturated carbocycles. The zero-order chi connectivity index (χ0) is 15.2. The summed E-state index contributed by atoms with van der Waals surface area (Å²) >= 11 is 0. The van der Waals surface area contributed by atoms with E-state index in [1.807, 2.05) is 0 Å². The van der Waals surface area contributed by atoms with Crippen molar-refractivity contribution in [2.24, 2.45) is 0 Å². The van der Waals surface area contributed by atoms with Crippen molar-refractivity contribution in [3.05, 3.63) is 41.9 Å². The number of hydrogen-bond donors (Lipinski definition) is 1. The Bertz CT molecular complexity index is 604. The van der Waals surface area contributed by atoms with Gasteiger partial charge in [-0.05, 0) is 6.07 Å². The monoisotopic (exact) mass is 290 g/mol. The van der Waals surface area contributed by atoms with Gasteiger partial charge in [-0.15, -0.1) is 0 Å². The molecule has 0 fully saturated rings. The molecule has 6 nitrogen and oxygen atoms in total. The summed E-state index contributed by atoms with van der Waals surface area (Å²) in [5.74, 6) is 1.56. The van der Waals surface area contributed by atoms with Crippen molar-refractivity contribution in [2.75, 3.05) is 21.3 Å². The number of rotatable bonds is 6. The molecule has 1 atom stereocenters. The van der Waals surface area contributed by atoms with Gasteiger partial charge in [0.05, 0.1) is 33.1 Å². The van der Waals surface area contributed by atoms with Crippen LogP contribution in [0, 0.1) is 0 Å². The number of methoxy groups -OCH3 is 3. The SMILES string of the molecule is COc1cc(CC(O)c2cccc(OC)c2OC)ncn1. The van der Waals surface area contributed by atoms with Crippen LogP contribution >= 0.6 is 0 Å². The summed E-state index contributed by atoms with van der Waals surface area (Å²) in [6.07, 6.45) is 0.959. The fraction of sp³-hybridized carbons (Fsp3) is 0.333. The highest BCUT2D eigenvalue weighted by molar-refractivity contribution is 5.47. The van der Waals surface area contributed by atoms with E-state index in [0.717, 1.165) is 0 Å². The molecule has 2 rings (SSSR count). The van der Waals surface area contributed by atoms with Gasteiger partial charge in [0.1, 0.15) is 6.33 Å². The maximum atomic E-state index is 10.4. The molecule has 21 heavy (non-hydrogen) atoms. The summed E-state index contributed by atoms with van der Waals surface area (Å²) in [5, 5.41) is 10.4. The van der Waals surface area contributed by atoms with Crippen molar-refractivity contribution in [3.8, 4) is 17.4 Å². The van der Waals surface area contributed by atoms with Gasteiger partial charge < -0.3 is 19.3 Å². The molecule has 0 saturated heterocycles. The van der Waals surface area contributed by atoms with Crippen molar-refractivity contribution in [1.29, 1.82) is 0 Å². The average molecular weight is 290 g/mol. The molecule has 112 valence electrons. The maximum Gasteiger partial charge on any atom is 0.216 e. The minimum atomic E-state index is -0.769. The fourth-order valence-corrected chi connectivity index (χ4v) is 2.08. The zero-order valence-corrected chi connectivity index (χ0v) is 12.2. The molecule has 1 aromatic heterocycles. The van der Waals surface area contributed by atoms with E-state index in [-0.39, 0.29) is 0 Å². The van der Waals surface area contributed by atoms with Crippen LogP contribution in [-0.2, 0) is 6.42 Å². The quantitative estimate of drug-likeness (QED) is 0.874. The second-order valence-electron chi connectivity index (χ2n) is 4.35. The van der Waals surface area contributed by atoms with E-state index in [1.165, 1.54) is 13.4 Å². The van der Waals surface area contributed by atoms with Crippen LogP contribution in [-0.4, -0.2) is 36.4 Å². The molecule has 0 spiro atoms. The lowest BCUT2D eigenvalue weighted by atomic mass is 10.0. The number of aromatic nitrogens is 2. The first kappa shape index (κ1) is 15.1. The van der Waals surface area contributed by atoms with Crippen LogP contribution in [0.25, 0.3) is 0 Å². The second-order valence-corrected chi connectivity index (χ2v) is 4.35. The standard InChI is InChI=1S/C15H18N2O4/c1-19-13-6-4-5-11(15(13)21-3)12(18)7-10-8-14(20-2)17-9-16-10/h4-6,8-9,12,18H,7H2,1-3H3. The molecular weight excluding hydrogens is 272 g/mol.